The molecule has 122 valence electrons. The topological polar surface area (TPSA) is 48.4 Å². The fourth-order valence-electron chi connectivity index (χ4n) is 2.96. The predicted octanol–water partition coefficient (Wildman–Crippen LogP) is 1.65. The average Bonchev–Trinajstić information content (AvgIpc) is 3.03. The molecule has 1 aliphatic heterocycles. The van der Waals surface area contributed by atoms with Gasteiger partial charge in [-0.25, -0.2) is 4.98 Å². The first kappa shape index (κ1) is 15.7. The molecule has 1 atom stereocenters. The van der Waals surface area contributed by atoms with Crippen LogP contribution in [-0.2, 0) is 6.54 Å². The molecule has 1 fully saturated rings. The highest BCUT2D eigenvalue weighted by Gasteiger charge is 2.26. The lowest BCUT2D eigenvalue weighted by molar-refractivity contribution is 0.325. The first-order valence-electron chi connectivity index (χ1n) is 7.98. The standard InChI is InChI=1S/C17H24N6/c1-21(2)17-19-9-6-16(20-17)22(3)15-7-10-23(13-15)12-14-5-4-8-18-11-14/h4-6,8-9,11,15H,7,10,12-13H2,1-3H3. The van der Waals surface area contributed by atoms with Gasteiger partial charge in [-0.2, -0.15) is 4.98 Å². The summed E-state index contributed by atoms with van der Waals surface area (Å²) < 4.78 is 0. The maximum Gasteiger partial charge on any atom is 0.226 e. The minimum atomic E-state index is 0.483. The van der Waals surface area contributed by atoms with Gasteiger partial charge in [0.2, 0.25) is 5.95 Å². The molecule has 1 saturated heterocycles. The van der Waals surface area contributed by atoms with Crippen molar-refractivity contribution in [3.8, 4) is 0 Å². The van der Waals surface area contributed by atoms with E-state index >= 15 is 0 Å². The van der Waals surface area contributed by atoms with Crippen molar-refractivity contribution in [3.05, 3.63) is 42.4 Å². The summed E-state index contributed by atoms with van der Waals surface area (Å²) >= 11 is 0. The highest BCUT2D eigenvalue weighted by Crippen LogP contribution is 2.22. The third-order valence-corrected chi connectivity index (χ3v) is 4.31. The quantitative estimate of drug-likeness (QED) is 0.837. The van der Waals surface area contributed by atoms with E-state index in [1.165, 1.54) is 5.56 Å². The summed E-state index contributed by atoms with van der Waals surface area (Å²) in [6.07, 6.45) is 6.75. The van der Waals surface area contributed by atoms with Gasteiger partial charge >= 0.3 is 0 Å². The van der Waals surface area contributed by atoms with Crippen LogP contribution in [0.1, 0.15) is 12.0 Å². The zero-order valence-electron chi connectivity index (χ0n) is 14.1. The van der Waals surface area contributed by atoms with Gasteiger partial charge in [-0.3, -0.25) is 9.88 Å². The third kappa shape index (κ3) is 3.76. The minimum Gasteiger partial charge on any atom is -0.355 e. The smallest absolute Gasteiger partial charge is 0.226 e. The van der Waals surface area contributed by atoms with E-state index in [0.717, 1.165) is 37.8 Å². The fourth-order valence-corrected chi connectivity index (χ4v) is 2.96. The Morgan fingerprint density at radius 1 is 1.22 bits per heavy atom. The maximum atomic E-state index is 4.64. The second-order valence-corrected chi connectivity index (χ2v) is 6.26. The van der Waals surface area contributed by atoms with E-state index in [1.807, 2.05) is 49.7 Å². The Bertz CT molecular complexity index is 630. The molecule has 6 nitrogen and oxygen atoms in total. The van der Waals surface area contributed by atoms with E-state index in [2.05, 4.69) is 37.9 Å². The predicted molar refractivity (Wildman–Crippen MR) is 92.7 cm³/mol. The lowest BCUT2D eigenvalue weighted by Crippen LogP contribution is -2.35. The van der Waals surface area contributed by atoms with Crippen LogP contribution in [0.3, 0.4) is 0 Å². The minimum absolute atomic E-state index is 0.483. The molecule has 0 radical (unpaired) electrons. The van der Waals surface area contributed by atoms with E-state index in [0.29, 0.717) is 6.04 Å². The molecule has 23 heavy (non-hydrogen) atoms. The summed E-state index contributed by atoms with van der Waals surface area (Å²) in [5, 5.41) is 0. The molecule has 0 bridgehead atoms. The summed E-state index contributed by atoms with van der Waals surface area (Å²) in [6.45, 7) is 3.12. The zero-order valence-corrected chi connectivity index (χ0v) is 14.1. The molecule has 1 unspecified atom stereocenters. The molecule has 2 aromatic heterocycles. The summed E-state index contributed by atoms with van der Waals surface area (Å²) in [6, 6.07) is 6.60. The molecule has 0 aromatic carbocycles. The van der Waals surface area contributed by atoms with E-state index < -0.39 is 0 Å². The molecule has 3 heterocycles. The van der Waals surface area contributed by atoms with Gasteiger partial charge in [0, 0.05) is 65.4 Å². The molecule has 6 heteroatoms. The number of likely N-dealkylation sites (tertiary alicyclic amines) is 1. The number of likely N-dealkylation sites (N-methyl/N-ethyl adjacent to an activating group) is 1. The molecule has 0 N–H and O–H groups in total. The van der Waals surface area contributed by atoms with Crippen LogP contribution in [0.15, 0.2) is 36.8 Å². The summed E-state index contributed by atoms with van der Waals surface area (Å²) in [7, 11) is 6.05. The highest BCUT2D eigenvalue weighted by atomic mass is 15.3. The number of hydrogen-bond acceptors (Lipinski definition) is 6. The summed E-state index contributed by atoms with van der Waals surface area (Å²) in [4.78, 5) is 19.8. The second-order valence-electron chi connectivity index (χ2n) is 6.26. The molecule has 1 aliphatic rings. The second kappa shape index (κ2) is 6.91. The van der Waals surface area contributed by atoms with E-state index in [4.69, 9.17) is 0 Å². The Morgan fingerprint density at radius 3 is 2.83 bits per heavy atom. The Labute approximate surface area is 137 Å². The third-order valence-electron chi connectivity index (χ3n) is 4.31. The van der Waals surface area contributed by atoms with Crippen molar-refractivity contribution in [2.75, 3.05) is 44.0 Å². The number of aromatic nitrogens is 3. The normalized spacial score (nSPS) is 18.1. The van der Waals surface area contributed by atoms with Gasteiger partial charge in [-0.05, 0) is 24.1 Å². The van der Waals surface area contributed by atoms with Crippen LogP contribution < -0.4 is 9.80 Å². The van der Waals surface area contributed by atoms with Gasteiger partial charge in [-0.15, -0.1) is 0 Å². The van der Waals surface area contributed by atoms with Crippen LogP contribution in [0.25, 0.3) is 0 Å². The summed E-state index contributed by atoms with van der Waals surface area (Å²) in [5.41, 5.74) is 1.27. The van der Waals surface area contributed by atoms with Crippen LogP contribution in [-0.4, -0.2) is 60.1 Å². The highest BCUT2D eigenvalue weighted by molar-refractivity contribution is 5.43. The van der Waals surface area contributed by atoms with Gasteiger partial charge in [-0.1, -0.05) is 6.07 Å². The van der Waals surface area contributed by atoms with Crippen molar-refractivity contribution >= 4 is 11.8 Å². The molecule has 0 saturated carbocycles. The first-order chi connectivity index (χ1) is 11.1. The molecule has 2 aromatic rings. The number of hydrogen-bond donors (Lipinski definition) is 0. The van der Waals surface area contributed by atoms with Gasteiger partial charge in [0.15, 0.2) is 0 Å². The number of nitrogens with zero attached hydrogens (tertiary/aromatic N) is 6. The zero-order chi connectivity index (χ0) is 16.2. The molecule has 3 rings (SSSR count). The number of pyridine rings is 1. The molecular weight excluding hydrogens is 288 g/mol. The van der Waals surface area contributed by atoms with Crippen molar-refractivity contribution < 1.29 is 0 Å². The number of rotatable bonds is 5. The maximum absolute atomic E-state index is 4.64. The Balaban J connectivity index is 1.63. The molecule has 0 amide bonds. The average molecular weight is 312 g/mol. The Hall–Kier alpha value is -2.21. The van der Waals surface area contributed by atoms with Crippen molar-refractivity contribution in [2.45, 2.75) is 19.0 Å². The number of anilines is 2. The first-order valence-corrected chi connectivity index (χ1v) is 7.98. The fraction of sp³-hybridized carbons (Fsp3) is 0.471. The van der Waals surface area contributed by atoms with Crippen LogP contribution in [0.5, 0.6) is 0 Å². The largest absolute Gasteiger partial charge is 0.355 e. The molecular formula is C17H24N6. The lowest BCUT2D eigenvalue weighted by atomic mass is 10.2. The SMILES string of the molecule is CN(C)c1nccc(N(C)C2CCN(Cc3cccnc3)C2)n1. The van der Waals surface area contributed by atoms with E-state index in [9.17, 15) is 0 Å². The van der Waals surface area contributed by atoms with Crippen molar-refractivity contribution in [3.63, 3.8) is 0 Å². The lowest BCUT2D eigenvalue weighted by Gasteiger charge is -2.26. The Morgan fingerprint density at radius 2 is 2.09 bits per heavy atom. The van der Waals surface area contributed by atoms with Crippen molar-refractivity contribution in [2.24, 2.45) is 0 Å². The van der Waals surface area contributed by atoms with Gasteiger partial charge in [0.05, 0.1) is 0 Å². The Kier molecular flexibility index (Phi) is 4.71. The van der Waals surface area contributed by atoms with Crippen LogP contribution in [0.4, 0.5) is 11.8 Å². The van der Waals surface area contributed by atoms with Crippen LogP contribution in [0, 0.1) is 0 Å². The van der Waals surface area contributed by atoms with E-state index in [1.54, 1.807) is 0 Å². The van der Waals surface area contributed by atoms with Crippen LogP contribution in [0.2, 0.25) is 0 Å². The molecule has 0 spiro atoms. The monoisotopic (exact) mass is 312 g/mol. The van der Waals surface area contributed by atoms with Crippen LogP contribution >= 0.6 is 0 Å². The van der Waals surface area contributed by atoms with Gasteiger partial charge in [0.25, 0.3) is 0 Å². The van der Waals surface area contributed by atoms with Crippen molar-refractivity contribution in [1.29, 1.82) is 0 Å². The van der Waals surface area contributed by atoms with Gasteiger partial charge < -0.3 is 9.80 Å². The van der Waals surface area contributed by atoms with Crippen molar-refractivity contribution in [1.82, 2.24) is 19.9 Å². The van der Waals surface area contributed by atoms with Gasteiger partial charge in [0.1, 0.15) is 5.82 Å². The van der Waals surface area contributed by atoms with E-state index in [-0.39, 0.29) is 0 Å². The molecule has 0 aliphatic carbocycles. The summed E-state index contributed by atoms with van der Waals surface area (Å²) in [5.74, 6) is 1.73.